The number of rotatable bonds is 5. The average Bonchev–Trinajstić information content (AvgIpc) is 2.98. The fourth-order valence-corrected chi connectivity index (χ4v) is 2.45. The summed E-state index contributed by atoms with van der Waals surface area (Å²) in [6.07, 6.45) is 0. The van der Waals surface area contributed by atoms with Gasteiger partial charge in [0, 0.05) is 18.7 Å². The summed E-state index contributed by atoms with van der Waals surface area (Å²) in [4.78, 5) is 24.5. The number of carbonyl (C=O) groups excluding carboxylic acids is 1. The summed E-state index contributed by atoms with van der Waals surface area (Å²) in [5.74, 6) is -0.205. The summed E-state index contributed by atoms with van der Waals surface area (Å²) >= 11 is 0. The first kappa shape index (κ1) is 15.6. The van der Waals surface area contributed by atoms with Gasteiger partial charge in [0.15, 0.2) is 0 Å². The molecule has 122 valence electrons. The molecule has 0 aliphatic rings. The van der Waals surface area contributed by atoms with Crippen LogP contribution < -0.4 is 0 Å². The van der Waals surface area contributed by atoms with E-state index in [4.69, 9.17) is 0 Å². The van der Waals surface area contributed by atoms with Crippen LogP contribution in [0.15, 0.2) is 48.5 Å². The van der Waals surface area contributed by atoms with Gasteiger partial charge in [-0.15, -0.1) is 5.10 Å². The second kappa shape index (κ2) is 6.45. The quantitative estimate of drug-likeness (QED) is 0.528. The molecule has 8 nitrogen and oxygen atoms in total. The summed E-state index contributed by atoms with van der Waals surface area (Å²) in [5, 5.41) is 19.0. The summed E-state index contributed by atoms with van der Waals surface area (Å²) in [6, 6.07) is 13.8. The molecule has 0 bridgehead atoms. The van der Waals surface area contributed by atoms with Crippen molar-refractivity contribution in [2.24, 2.45) is 0 Å². The summed E-state index contributed by atoms with van der Waals surface area (Å²) in [7, 11) is 1.61. The highest BCUT2D eigenvalue weighted by atomic mass is 16.6. The smallest absolute Gasteiger partial charge is 0.274 e. The minimum Gasteiger partial charge on any atom is -0.340 e. The fraction of sp³-hybridized carbons (Fsp3) is 0.188. The largest absolute Gasteiger partial charge is 0.340 e. The van der Waals surface area contributed by atoms with Crippen molar-refractivity contribution in [3.05, 3.63) is 64.2 Å². The molecule has 0 N–H and O–H groups in total. The zero-order chi connectivity index (χ0) is 17.1. The Morgan fingerprint density at radius 3 is 2.71 bits per heavy atom. The molecule has 0 saturated heterocycles. The molecule has 0 aliphatic carbocycles. The predicted octanol–water partition coefficient (Wildman–Crippen LogP) is 2.00. The Morgan fingerprint density at radius 2 is 1.92 bits per heavy atom. The van der Waals surface area contributed by atoms with Gasteiger partial charge in [0.1, 0.15) is 12.1 Å². The minimum atomic E-state index is -0.446. The monoisotopic (exact) mass is 325 g/mol. The van der Waals surface area contributed by atoms with Gasteiger partial charge in [-0.3, -0.25) is 14.9 Å². The highest BCUT2D eigenvalue weighted by Crippen LogP contribution is 2.19. The summed E-state index contributed by atoms with van der Waals surface area (Å²) in [6.45, 7) is 0.181. The third-order valence-electron chi connectivity index (χ3n) is 3.73. The molecule has 1 amide bonds. The Bertz CT molecular complexity index is 905. The molecule has 0 fully saturated rings. The van der Waals surface area contributed by atoms with E-state index in [0.717, 1.165) is 5.52 Å². The summed E-state index contributed by atoms with van der Waals surface area (Å²) < 4.78 is 1.52. The van der Waals surface area contributed by atoms with E-state index in [1.807, 2.05) is 24.3 Å². The zero-order valence-corrected chi connectivity index (χ0v) is 13.0. The Morgan fingerprint density at radius 1 is 1.21 bits per heavy atom. The van der Waals surface area contributed by atoms with Crippen molar-refractivity contribution < 1.29 is 9.72 Å². The fourth-order valence-electron chi connectivity index (χ4n) is 2.45. The third-order valence-corrected chi connectivity index (χ3v) is 3.73. The number of para-hydroxylation sites is 2. The van der Waals surface area contributed by atoms with Crippen LogP contribution in [0.5, 0.6) is 0 Å². The number of nitro groups is 1. The van der Waals surface area contributed by atoms with Crippen molar-refractivity contribution in [3.63, 3.8) is 0 Å². The molecule has 2 aromatic carbocycles. The highest BCUT2D eigenvalue weighted by molar-refractivity contribution is 5.79. The minimum absolute atomic E-state index is 0.00311. The molecule has 3 rings (SSSR count). The lowest BCUT2D eigenvalue weighted by atomic mass is 10.1. The number of carbonyl (C=O) groups is 1. The molecule has 0 aliphatic heterocycles. The van der Waals surface area contributed by atoms with Crippen LogP contribution in [0.2, 0.25) is 0 Å². The van der Waals surface area contributed by atoms with Crippen LogP contribution in [0, 0.1) is 10.1 Å². The number of nitrogens with zero attached hydrogens (tertiary/aromatic N) is 5. The van der Waals surface area contributed by atoms with E-state index in [-0.39, 0.29) is 24.7 Å². The first-order valence-corrected chi connectivity index (χ1v) is 7.31. The third kappa shape index (κ3) is 3.07. The molecule has 0 radical (unpaired) electrons. The second-order valence-electron chi connectivity index (χ2n) is 5.37. The van der Waals surface area contributed by atoms with Gasteiger partial charge in [0.2, 0.25) is 5.91 Å². The lowest BCUT2D eigenvalue weighted by Crippen LogP contribution is -2.30. The maximum atomic E-state index is 12.4. The summed E-state index contributed by atoms with van der Waals surface area (Å²) in [5.41, 5.74) is 1.97. The van der Waals surface area contributed by atoms with E-state index in [0.29, 0.717) is 11.1 Å². The molecule has 0 atom stereocenters. The van der Waals surface area contributed by atoms with Crippen molar-refractivity contribution in [3.8, 4) is 0 Å². The number of likely N-dealkylation sites (N-methyl/N-ethyl adjacent to an activating group) is 1. The normalized spacial score (nSPS) is 10.7. The average molecular weight is 325 g/mol. The van der Waals surface area contributed by atoms with Gasteiger partial charge >= 0.3 is 0 Å². The van der Waals surface area contributed by atoms with Crippen molar-refractivity contribution in [1.82, 2.24) is 19.9 Å². The van der Waals surface area contributed by atoms with Gasteiger partial charge in [-0.05, 0) is 12.1 Å². The van der Waals surface area contributed by atoms with Gasteiger partial charge in [-0.25, -0.2) is 4.68 Å². The first-order valence-electron chi connectivity index (χ1n) is 7.31. The van der Waals surface area contributed by atoms with E-state index < -0.39 is 4.92 Å². The van der Waals surface area contributed by atoms with E-state index >= 15 is 0 Å². The van der Waals surface area contributed by atoms with Crippen LogP contribution >= 0.6 is 0 Å². The van der Waals surface area contributed by atoms with E-state index in [9.17, 15) is 14.9 Å². The molecule has 1 aromatic heterocycles. The number of aromatic nitrogens is 3. The van der Waals surface area contributed by atoms with Crippen LogP contribution in [-0.4, -0.2) is 37.8 Å². The number of nitro benzene ring substituents is 1. The number of hydrogen-bond acceptors (Lipinski definition) is 5. The van der Waals surface area contributed by atoms with E-state index in [1.165, 1.54) is 15.6 Å². The number of benzene rings is 2. The second-order valence-corrected chi connectivity index (χ2v) is 5.37. The highest BCUT2D eigenvalue weighted by Gasteiger charge is 2.18. The van der Waals surface area contributed by atoms with Gasteiger partial charge in [0.05, 0.1) is 17.0 Å². The topological polar surface area (TPSA) is 94.2 Å². The predicted molar refractivity (Wildman–Crippen MR) is 87.1 cm³/mol. The van der Waals surface area contributed by atoms with Crippen LogP contribution in [0.25, 0.3) is 11.0 Å². The van der Waals surface area contributed by atoms with Crippen molar-refractivity contribution >= 4 is 22.6 Å². The molecule has 0 spiro atoms. The number of amides is 1. The molecular formula is C16H15N5O3. The van der Waals surface area contributed by atoms with Gasteiger partial charge in [-0.2, -0.15) is 0 Å². The van der Waals surface area contributed by atoms with Crippen LogP contribution in [0.1, 0.15) is 5.56 Å². The first-order chi connectivity index (χ1) is 11.6. The number of hydrogen-bond donors (Lipinski definition) is 0. The standard InChI is InChI=1S/C16H15N5O3/c1-19(10-12-6-2-4-8-14(12)21(23)24)16(22)11-20-15-9-5-3-7-13(15)17-18-20/h2-9H,10-11H2,1H3. The number of fused-ring (bicyclic) bond motifs is 1. The van der Waals surface area contributed by atoms with Crippen LogP contribution in [-0.2, 0) is 17.9 Å². The van der Waals surface area contributed by atoms with Gasteiger partial charge < -0.3 is 4.90 Å². The van der Waals surface area contributed by atoms with Crippen molar-refractivity contribution in [2.75, 3.05) is 7.05 Å². The van der Waals surface area contributed by atoms with Crippen LogP contribution in [0.4, 0.5) is 5.69 Å². The molecule has 0 unspecified atom stereocenters. The lowest BCUT2D eigenvalue weighted by molar-refractivity contribution is -0.385. The maximum Gasteiger partial charge on any atom is 0.274 e. The molecule has 1 heterocycles. The molecule has 8 heteroatoms. The SMILES string of the molecule is CN(Cc1ccccc1[N+](=O)[O-])C(=O)Cn1nnc2ccccc21. The Labute approximate surface area is 137 Å². The van der Waals surface area contributed by atoms with E-state index in [1.54, 1.807) is 25.2 Å². The van der Waals surface area contributed by atoms with Gasteiger partial charge in [-0.1, -0.05) is 35.5 Å². The molecule has 24 heavy (non-hydrogen) atoms. The molecular weight excluding hydrogens is 310 g/mol. The molecule has 0 saturated carbocycles. The van der Waals surface area contributed by atoms with Gasteiger partial charge in [0.25, 0.3) is 5.69 Å². The Hall–Kier alpha value is -3.29. The lowest BCUT2D eigenvalue weighted by Gasteiger charge is -2.17. The zero-order valence-electron chi connectivity index (χ0n) is 13.0. The Kier molecular flexibility index (Phi) is 4.19. The van der Waals surface area contributed by atoms with Crippen molar-refractivity contribution in [1.29, 1.82) is 0 Å². The van der Waals surface area contributed by atoms with Crippen LogP contribution in [0.3, 0.4) is 0 Å². The Balaban J connectivity index is 1.75. The molecule has 3 aromatic rings. The van der Waals surface area contributed by atoms with Crippen molar-refractivity contribution in [2.45, 2.75) is 13.1 Å². The van der Waals surface area contributed by atoms with E-state index in [2.05, 4.69) is 10.3 Å². The maximum absolute atomic E-state index is 12.4.